The number of carbonyl (C=O) groups is 2. The molecule has 0 aliphatic rings. The van der Waals surface area contributed by atoms with Gasteiger partial charge in [0.15, 0.2) is 0 Å². The van der Waals surface area contributed by atoms with Crippen LogP contribution in [0.15, 0.2) is 38.9 Å². The fourth-order valence-electron chi connectivity index (χ4n) is 1.50. The fourth-order valence-corrected chi connectivity index (χ4v) is 3.45. The standard InChI is InChI=1S/C13H11Br2N3O2S/c14-9-6-10(21-12(9)15)13(20)17-5-3-11(19)18-8-2-1-4-16-7-8/h1-2,4,6-7H,3,5H2,(H,17,20)(H,18,19). The molecule has 0 atom stereocenters. The summed E-state index contributed by atoms with van der Waals surface area (Å²) in [6.07, 6.45) is 3.40. The quantitative estimate of drug-likeness (QED) is 0.760. The molecule has 110 valence electrons. The minimum absolute atomic E-state index is 0.170. The second-order valence-electron chi connectivity index (χ2n) is 4.03. The summed E-state index contributed by atoms with van der Waals surface area (Å²) in [5, 5.41) is 5.41. The van der Waals surface area contributed by atoms with Crippen LogP contribution in [0.5, 0.6) is 0 Å². The molecule has 21 heavy (non-hydrogen) atoms. The van der Waals surface area contributed by atoms with Crippen molar-refractivity contribution in [2.24, 2.45) is 0 Å². The van der Waals surface area contributed by atoms with Crippen molar-refractivity contribution < 1.29 is 9.59 Å². The first kappa shape index (κ1) is 16.1. The first-order valence-electron chi connectivity index (χ1n) is 5.99. The topological polar surface area (TPSA) is 71.1 Å². The molecule has 2 aromatic rings. The minimum atomic E-state index is -0.194. The number of nitrogens with one attached hydrogen (secondary N) is 2. The molecule has 0 spiro atoms. The van der Waals surface area contributed by atoms with Gasteiger partial charge in [-0.05, 0) is 50.1 Å². The van der Waals surface area contributed by atoms with Gasteiger partial charge in [0.2, 0.25) is 5.91 Å². The highest BCUT2D eigenvalue weighted by Gasteiger charge is 2.12. The third-order valence-corrected chi connectivity index (χ3v) is 5.71. The molecular formula is C13H11Br2N3O2S. The van der Waals surface area contributed by atoms with Gasteiger partial charge in [-0.3, -0.25) is 14.6 Å². The van der Waals surface area contributed by atoms with E-state index in [2.05, 4.69) is 47.5 Å². The third kappa shape index (κ3) is 4.90. The minimum Gasteiger partial charge on any atom is -0.351 e. The zero-order valence-electron chi connectivity index (χ0n) is 10.7. The van der Waals surface area contributed by atoms with Gasteiger partial charge in [-0.15, -0.1) is 11.3 Å². The molecule has 0 saturated heterocycles. The Morgan fingerprint density at radius 1 is 1.33 bits per heavy atom. The van der Waals surface area contributed by atoms with E-state index in [0.717, 1.165) is 8.26 Å². The second-order valence-corrected chi connectivity index (χ2v) is 7.25. The Labute approximate surface area is 142 Å². The molecule has 0 aliphatic heterocycles. The number of nitrogens with zero attached hydrogens (tertiary/aromatic N) is 1. The lowest BCUT2D eigenvalue weighted by molar-refractivity contribution is -0.116. The molecule has 2 heterocycles. The monoisotopic (exact) mass is 431 g/mol. The van der Waals surface area contributed by atoms with Crippen LogP contribution in [0, 0.1) is 0 Å². The van der Waals surface area contributed by atoms with Crippen molar-refractivity contribution in [3.63, 3.8) is 0 Å². The average molecular weight is 433 g/mol. The Hall–Kier alpha value is -1.25. The fraction of sp³-hybridized carbons (Fsp3) is 0.154. The molecule has 0 bridgehead atoms. The Morgan fingerprint density at radius 3 is 2.76 bits per heavy atom. The zero-order valence-corrected chi connectivity index (χ0v) is 14.7. The van der Waals surface area contributed by atoms with Gasteiger partial charge in [0, 0.05) is 23.6 Å². The van der Waals surface area contributed by atoms with Crippen molar-refractivity contribution in [2.75, 3.05) is 11.9 Å². The maximum absolute atomic E-state index is 11.9. The summed E-state index contributed by atoms with van der Waals surface area (Å²) in [7, 11) is 0. The normalized spacial score (nSPS) is 10.2. The number of hydrogen-bond acceptors (Lipinski definition) is 4. The molecular weight excluding hydrogens is 422 g/mol. The number of halogens is 2. The summed E-state index contributed by atoms with van der Waals surface area (Å²) >= 11 is 7.99. The molecule has 2 aromatic heterocycles. The van der Waals surface area contributed by atoms with Crippen molar-refractivity contribution in [3.8, 4) is 0 Å². The first-order valence-corrected chi connectivity index (χ1v) is 8.39. The van der Waals surface area contributed by atoms with Crippen LogP contribution in [0.4, 0.5) is 5.69 Å². The van der Waals surface area contributed by atoms with Crippen LogP contribution in [-0.2, 0) is 4.79 Å². The van der Waals surface area contributed by atoms with Gasteiger partial charge in [0.25, 0.3) is 5.91 Å². The SMILES string of the molecule is O=C(CCNC(=O)c1cc(Br)c(Br)s1)Nc1cccnc1. The number of pyridine rings is 1. The van der Waals surface area contributed by atoms with Gasteiger partial charge in [-0.1, -0.05) is 0 Å². The molecule has 0 aliphatic carbocycles. The van der Waals surface area contributed by atoms with Crippen LogP contribution in [0.25, 0.3) is 0 Å². The second kappa shape index (κ2) is 7.67. The van der Waals surface area contributed by atoms with Crippen LogP contribution >= 0.6 is 43.2 Å². The zero-order chi connectivity index (χ0) is 15.2. The molecule has 2 N–H and O–H groups in total. The van der Waals surface area contributed by atoms with Crippen LogP contribution < -0.4 is 10.6 Å². The number of amides is 2. The van der Waals surface area contributed by atoms with E-state index in [1.54, 1.807) is 30.6 Å². The summed E-state index contributed by atoms with van der Waals surface area (Å²) < 4.78 is 1.70. The number of hydrogen-bond donors (Lipinski definition) is 2. The van der Waals surface area contributed by atoms with Gasteiger partial charge in [-0.25, -0.2) is 0 Å². The lowest BCUT2D eigenvalue weighted by Gasteiger charge is -2.05. The van der Waals surface area contributed by atoms with Crippen molar-refractivity contribution in [3.05, 3.63) is 43.7 Å². The highest BCUT2D eigenvalue weighted by Crippen LogP contribution is 2.32. The summed E-state index contributed by atoms with van der Waals surface area (Å²) in [5.74, 6) is -0.364. The van der Waals surface area contributed by atoms with E-state index >= 15 is 0 Å². The van der Waals surface area contributed by atoms with Gasteiger partial charge >= 0.3 is 0 Å². The number of anilines is 1. The van der Waals surface area contributed by atoms with Crippen molar-refractivity contribution in [2.45, 2.75) is 6.42 Å². The van der Waals surface area contributed by atoms with Gasteiger partial charge in [0.1, 0.15) is 0 Å². The Balaban J connectivity index is 1.76. The average Bonchev–Trinajstić information content (AvgIpc) is 2.80. The largest absolute Gasteiger partial charge is 0.351 e. The van der Waals surface area contributed by atoms with E-state index in [1.807, 2.05) is 0 Å². The summed E-state index contributed by atoms with van der Waals surface area (Å²) in [5.41, 5.74) is 0.639. The Kier molecular flexibility index (Phi) is 5.89. The van der Waals surface area contributed by atoms with E-state index in [9.17, 15) is 9.59 Å². The summed E-state index contributed by atoms with van der Waals surface area (Å²) in [6, 6.07) is 5.23. The maximum atomic E-state index is 11.9. The highest BCUT2D eigenvalue weighted by molar-refractivity contribution is 9.13. The summed E-state index contributed by atoms with van der Waals surface area (Å²) in [6.45, 7) is 0.276. The predicted octanol–water partition coefficient (Wildman–Crippen LogP) is 3.43. The number of carbonyl (C=O) groups excluding carboxylic acids is 2. The van der Waals surface area contributed by atoms with Crippen LogP contribution in [0.2, 0.25) is 0 Å². The number of aromatic nitrogens is 1. The van der Waals surface area contributed by atoms with Crippen LogP contribution in [0.1, 0.15) is 16.1 Å². The summed E-state index contributed by atoms with van der Waals surface area (Å²) in [4.78, 5) is 28.0. The first-order chi connectivity index (χ1) is 10.1. The van der Waals surface area contributed by atoms with Gasteiger partial charge < -0.3 is 10.6 Å². The van der Waals surface area contributed by atoms with E-state index < -0.39 is 0 Å². The van der Waals surface area contributed by atoms with Crippen molar-refractivity contribution in [1.82, 2.24) is 10.3 Å². The van der Waals surface area contributed by atoms with E-state index in [0.29, 0.717) is 10.6 Å². The number of thiophene rings is 1. The molecule has 2 rings (SSSR count). The van der Waals surface area contributed by atoms with E-state index in [4.69, 9.17) is 0 Å². The predicted molar refractivity (Wildman–Crippen MR) is 89.5 cm³/mol. The van der Waals surface area contributed by atoms with E-state index in [1.165, 1.54) is 11.3 Å². The Bertz CT molecular complexity index is 627. The molecule has 0 unspecified atom stereocenters. The molecule has 2 amide bonds. The molecule has 0 fully saturated rings. The molecule has 8 heteroatoms. The van der Waals surface area contributed by atoms with Crippen LogP contribution in [-0.4, -0.2) is 23.3 Å². The van der Waals surface area contributed by atoms with Crippen molar-refractivity contribution in [1.29, 1.82) is 0 Å². The third-order valence-electron chi connectivity index (χ3n) is 2.45. The van der Waals surface area contributed by atoms with Crippen molar-refractivity contribution >= 4 is 60.7 Å². The lowest BCUT2D eigenvalue weighted by atomic mass is 10.3. The van der Waals surface area contributed by atoms with Crippen LogP contribution in [0.3, 0.4) is 0 Å². The lowest BCUT2D eigenvalue weighted by Crippen LogP contribution is -2.27. The molecule has 0 radical (unpaired) electrons. The highest BCUT2D eigenvalue weighted by atomic mass is 79.9. The van der Waals surface area contributed by atoms with Gasteiger partial charge in [-0.2, -0.15) is 0 Å². The van der Waals surface area contributed by atoms with Gasteiger partial charge in [0.05, 0.1) is 20.5 Å². The van der Waals surface area contributed by atoms with E-state index in [-0.39, 0.29) is 24.8 Å². The number of rotatable bonds is 5. The molecule has 5 nitrogen and oxygen atoms in total. The maximum Gasteiger partial charge on any atom is 0.261 e. The smallest absolute Gasteiger partial charge is 0.261 e. The molecule has 0 saturated carbocycles. The molecule has 0 aromatic carbocycles. The Morgan fingerprint density at radius 2 is 2.14 bits per heavy atom.